The quantitative estimate of drug-likeness (QED) is 0.0732. The molecule has 14 heteroatoms. The maximum absolute atomic E-state index is 13.1. The van der Waals surface area contributed by atoms with Gasteiger partial charge in [0.05, 0.1) is 6.04 Å². The Balaban J connectivity index is 0.806. The molecular weight excluding hydrogens is 721 g/mol. The van der Waals surface area contributed by atoms with Gasteiger partial charge in [0.25, 0.3) is 11.8 Å². The number of nitrogens with zero attached hydrogens (tertiary/aromatic N) is 6. The Morgan fingerprint density at radius 3 is 2.51 bits per heavy atom. The number of amides is 4. The van der Waals surface area contributed by atoms with Gasteiger partial charge in [0.1, 0.15) is 34.7 Å². The highest BCUT2D eigenvalue weighted by atomic mass is 16.2. The highest BCUT2D eigenvalue weighted by Crippen LogP contribution is 2.37. The Morgan fingerprint density at radius 1 is 0.877 bits per heavy atom. The molecular formula is C43H48N10O4. The van der Waals surface area contributed by atoms with Crippen LogP contribution in [0.15, 0.2) is 79.3 Å². The number of imidazole rings is 1. The van der Waals surface area contributed by atoms with E-state index in [1.807, 2.05) is 42.6 Å². The first kappa shape index (κ1) is 37.8. The van der Waals surface area contributed by atoms with Gasteiger partial charge in [-0.25, -0.2) is 15.0 Å². The first-order valence-electron chi connectivity index (χ1n) is 20.1. The summed E-state index contributed by atoms with van der Waals surface area (Å²) in [5.74, 6) is 0.821. The number of nitrogen functional groups attached to an aromatic ring is 1. The summed E-state index contributed by atoms with van der Waals surface area (Å²) in [4.78, 5) is 68.0. The van der Waals surface area contributed by atoms with Gasteiger partial charge >= 0.3 is 0 Å². The Hall–Kier alpha value is -6.15. The van der Waals surface area contributed by atoms with Gasteiger partial charge in [0.2, 0.25) is 11.8 Å². The van der Waals surface area contributed by atoms with Crippen molar-refractivity contribution in [3.63, 3.8) is 0 Å². The van der Waals surface area contributed by atoms with E-state index in [1.165, 1.54) is 6.42 Å². The summed E-state index contributed by atoms with van der Waals surface area (Å²) >= 11 is 0. The number of hydrogen-bond acceptors (Lipinski definition) is 10. The van der Waals surface area contributed by atoms with Crippen LogP contribution in [0.4, 0.5) is 17.3 Å². The zero-order valence-electron chi connectivity index (χ0n) is 32.0. The van der Waals surface area contributed by atoms with Crippen LogP contribution in [0.2, 0.25) is 0 Å². The average Bonchev–Trinajstić information content (AvgIpc) is 3.94. The third-order valence-corrected chi connectivity index (χ3v) is 11.4. The van der Waals surface area contributed by atoms with E-state index < -0.39 is 11.9 Å². The van der Waals surface area contributed by atoms with Crippen LogP contribution in [-0.4, -0.2) is 78.5 Å². The summed E-state index contributed by atoms with van der Waals surface area (Å²) in [5, 5.41) is 8.73. The number of hydrogen-bond donors (Lipinski definition) is 4. The molecule has 0 saturated carbocycles. The number of imide groups is 1. The van der Waals surface area contributed by atoms with Gasteiger partial charge in [-0.2, -0.15) is 0 Å². The Kier molecular flexibility index (Phi) is 11.2. The molecule has 3 aliphatic heterocycles. The minimum atomic E-state index is -0.613. The summed E-state index contributed by atoms with van der Waals surface area (Å²) in [6, 6.07) is 18.0. The smallest absolute Gasteiger partial charge is 0.256 e. The van der Waals surface area contributed by atoms with E-state index in [0.717, 1.165) is 98.4 Å². The van der Waals surface area contributed by atoms with Gasteiger partial charge in [-0.15, -0.1) is 0 Å². The van der Waals surface area contributed by atoms with Crippen LogP contribution in [0.1, 0.15) is 102 Å². The van der Waals surface area contributed by atoms with Crippen molar-refractivity contribution in [1.82, 2.24) is 34.5 Å². The zero-order chi connectivity index (χ0) is 39.3. The average molecular weight is 769 g/mol. The Morgan fingerprint density at radius 2 is 1.70 bits per heavy atom. The number of benzene rings is 2. The molecule has 2 fully saturated rings. The third-order valence-electron chi connectivity index (χ3n) is 11.4. The fourth-order valence-corrected chi connectivity index (χ4v) is 8.44. The second-order valence-corrected chi connectivity index (χ2v) is 15.1. The molecule has 3 aliphatic rings. The summed E-state index contributed by atoms with van der Waals surface area (Å²) in [7, 11) is 0. The Bertz CT molecular complexity index is 2280. The van der Waals surface area contributed by atoms with Crippen molar-refractivity contribution in [3.8, 4) is 11.3 Å². The van der Waals surface area contributed by atoms with E-state index >= 15 is 0 Å². The maximum atomic E-state index is 13.1. The first-order chi connectivity index (χ1) is 27.9. The minimum absolute atomic E-state index is 0.152. The number of fused-ring (bicyclic) bond motifs is 2. The molecule has 1 unspecified atom stereocenters. The van der Waals surface area contributed by atoms with Crippen molar-refractivity contribution < 1.29 is 19.2 Å². The normalized spacial score (nSPS) is 18.2. The highest BCUT2D eigenvalue weighted by molar-refractivity contribution is 6.06. The fraction of sp³-hybridized carbons (Fsp3) is 0.372. The number of nitrogens with one attached hydrogen (secondary N) is 3. The van der Waals surface area contributed by atoms with Crippen LogP contribution in [0, 0.1) is 0 Å². The minimum Gasteiger partial charge on any atom is -0.385 e. The van der Waals surface area contributed by atoms with Crippen LogP contribution >= 0.6 is 0 Å². The van der Waals surface area contributed by atoms with Crippen LogP contribution in [-0.2, 0) is 16.1 Å². The topological polar surface area (TPSA) is 180 Å². The molecule has 14 nitrogen and oxygen atoms in total. The number of piperidine rings is 1. The molecule has 0 radical (unpaired) electrons. The lowest BCUT2D eigenvalue weighted by Crippen LogP contribution is -2.52. The number of pyridine rings is 1. The predicted octanol–water partition coefficient (Wildman–Crippen LogP) is 5.98. The number of carbonyl (C=O) groups is 4. The molecule has 2 atom stereocenters. The van der Waals surface area contributed by atoms with Crippen molar-refractivity contribution in [2.45, 2.75) is 82.8 Å². The van der Waals surface area contributed by atoms with Crippen molar-refractivity contribution in [3.05, 3.63) is 102 Å². The van der Waals surface area contributed by atoms with Crippen LogP contribution in [0.25, 0.3) is 16.8 Å². The number of aromatic nitrogens is 4. The summed E-state index contributed by atoms with van der Waals surface area (Å²) in [5.41, 5.74) is 11.9. The van der Waals surface area contributed by atoms with Crippen LogP contribution in [0.3, 0.4) is 0 Å². The van der Waals surface area contributed by atoms with E-state index in [2.05, 4.69) is 35.2 Å². The lowest BCUT2D eigenvalue weighted by molar-refractivity contribution is -0.136. The van der Waals surface area contributed by atoms with Gasteiger partial charge in [-0.1, -0.05) is 49.9 Å². The first-order valence-corrected chi connectivity index (χ1v) is 20.1. The van der Waals surface area contributed by atoms with Gasteiger partial charge in [-0.3, -0.25) is 33.8 Å². The molecule has 0 aliphatic carbocycles. The van der Waals surface area contributed by atoms with Gasteiger partial charge in [0, 0.05) is 66.0 Å². The van der Waals surface area contributed by atoms with E-state index in [4.69, 9.17) is 10.7 Å². The molecule has 8 rings (SSSR count). The fourth-order valence-electron chi connectivity index (χ4n) is 8.44. The van der Waals surface area contributed by atoms with Crippen molar-refractivity contribution in [2.24, 2.45) is 0 Å². The van der Waals surface area contributed by atoms with Crippen molar-refractivity contribution in [1.29, 1.82) is 0 Å². The largest absolute Gasteiger partial charge is 0.385 e. The zero-order valence-corrected chi connectivity index (χ0v) is 32.0. The molecule has 0 spiro atoms. The number of rotatable bonds is 15. The number of likely N-dealkylation sites (tertiary alicyclic amines) is 1. The molecule has 4 amide bonds. The molecule has 3 aromatic heterocycles. The third kappa shape index (κ3) is 8.08. The van der Waals surface area contributed by atoms with Crippen molar-refractivity contribution >= 4 is 46.5 Å². The standard InChI is InChI=1S/C43H48N10O4/c44-39-38-37(28-15-17-29(18-16-28)41(55)48-35-14-5-7-22-46-35)50-40(52(38)26-23-47-39)33-13-10-25-51(33)24-8-4-2-1-3-6-21-45-32-12-9-11-30-31(32)27-53(43(30)57)34-19-20-36(54)49-42(34)56/h5,7,9,11-12,14-18,22-23,26,33-34,45H,1-4,6,8,10,13,19-21,24-25,27H2,(H2,44,47)(H,46,48,55)(H,49,54,56)/t33-,34?/m0/s1. The SMILES string of the molecule is Nc1nccn2c([C@@H]3CCCN3CCCCCCCCNc3cccc4c3CN(C3CCC(=O)NC3=O)C4=O)nc(-c3ccc(C(=O)Nc4ccccn4)cc3)c12. The summed E-state index contributed by atoms with van der Waals surface area (Å²) in [6.45, 7) is 3.21. The van der Waals surface area contributed by atoms with Gasteiger partial charge in [-0.05, 0) is 81.6 Å². The number of nitrogens with two attached hydrogens (primary N) is 1. The van der Waals surface area contributed by atoms with Crippen molar-refractivity contribution in [2.75, 3.05) is 36.0 Å². The molecule has 5 aromatic rings. The molecule has 294 valence electrons. The van der Waals surface area contributed by atoms with Gasteiger partial charge < -0.3 is 21.3 Å². The van der Waals surface area contributed by atoms with Crippen LogP contribution in [0.5, 0.6) is 0 Å². The maximum Gasteiger partial charge on any atom is 0.256 e. The monoisotopic (exact) mass is 768 g/mol. The van der Waals surface area contributed by atoms with E-state index in [9.17, 15) is 19.2 Å². The molecule has 2 aromatic carbocycles. The van der Waals surface area contributed by atoms with E-state index in [-0.39, 0.29) is 30.2 Å². The molecule has 57 heavy (non-hydrogen) atoms. The lowest BCUT2D eigenvalue weighted by atomic mass is 10.0. The highest BCUT2D eigenvalue weighted by Gasteiger charge is 2.40. The molecule has 2 saturated heterocycles. The molecule has 6 heterocycles. The second kappa shape index (κ2) is 16.9. The predicted molar refractivity (Wildman–Crippen MR) is 217 cm³/mol. The number of anilines is 3. The molecule has 0 bridgehead atoms. The molecule has 5 N–H and O–H groups in total. The second-order valence-electron chi connectivity index (χ2n) is 15.1. The summed E-state index contributed by atoms with van der Waals surface area (Å²) in [6.07, 6.45) is 14.8. The lowest BCUT2D eigenvalue weighted by Gasteiger charge is -2.29. The van der Waals surface area contributed by atoms with E-state index in [1.54, 1.807) is 41.6 Å². The Labute approximate surface area is 331 Å². The van der Waals surface area contributed by atoms with E-state index in [0.29, 0.717) is 35.7 Å². The van der Waals surface area contributed by atoms with Gasteiger partial charge in [0.15, 0.2) is 0 Å². The number of carbonyl (C=O) groups excluding carboxylic acids is 4. The van der Waals surface area contributed by atoms with Crippen LogP contribution < -0.4 is 21.7 Å². The number of unbranched alkanes of at least 4 members (excludes halogenated alkanes) is 5. The summed E-state index contributed by atoms with van der Waals surface area (Å²) < 4.78 is 2.09.